The summed E-state index contributed by atoms with van der Waals surface area (Å²) in [5.41, 5.74) is 3.52. The largest absolute Gasteiger partial charge is 0.478 e. The number of hydrogen-bond donors (Lipinski definition) is 1. The third-order valence-electron chi connectivity index (χ3n) is 3.26. The third kappa shape index (κ3) is 1.82. The van der Waals surface area contributed by atoms with Crippen molar-refractivity contribution in [3.8, 4) is 0 Å². The Labute approximate surface area is 101 Å². The summed E-state index contributed by atoms with van der Waals surface area (Å²) >= 11 is 0. The molecule has 1 aromatic carbocycles. The molecular weight excluding hydrogens is 214 g/mol. The molecule has 0 aliphatic heterocycles. The molecule has 0 spiro atoms. The van der Waals surface area contributed by atoms with E-state index in [4.69, 9.17) is 5.11 Å². The van der Waals surface area contributed by atoms with Gasteiger partial charge < -0.3 is 9.67 Å². The summed E-state index contributed by atoms with van der Waals surface area (Å²) in [6.07, 6.45) is 3.09. The Kier molecular flexibility index (Phi) is 2.92. The fourth-order valence-corrected chi connectivity index (χ4v) is 2.29. The molecule has 0 saturated heterocycles. The average Bonchev–Trinajstić information content (AvgIpc) is 2.64. The first kappa shape index (κ1) is 11.7. The second-order valence-electron chi connectivity index (χ2n) is 4.28. The smallest absolute Gasteiger partial charge is 0.336 e. The maximum Gasteiger partial charge on any atom is 0.336 e. The van der Waals surface area contributed by atoms with E-state index >= 15 is 0 Å². The van der Waals surface area contributed by atoms with E-state index in [1.54, 1.807) is 6.07 Å². The second-order valence-corrected chi connectivity index (χ2v) is 4.28. The first-order valence-electron chi connectivity index (χ1n) is 5.94. The van der Waals surface area contributed by atoms with Crippen molar-refractivity contribution in [2.75, 3.05) is 0 Å². The minimum atomic E-state index is -0.855. The van der Waals surface area contributed by atoms with Gasteiger partial charge in [0, 0.05) is 23.6 Å². The number of aromatic carboxylic acids is 1. The van der Waals surface area contributed by atoms with Gasteiger partial charge in [-0.15, -0.1) is 0 Å². The highest BCUT2D eigenvalue weighted by atomic mass is 16.4. The van der Waals surface area contributed by atoms with Gasteiger partial charge >= 0.3 is 5.97 Å². The Bertz CT molecular complexity index is 581. The van der Waals surface area contributed by atoms with Crippen molar-refractivity contribution in [1.82, 2.24) is 4.57 Å². The predicted octanol–water partition coefficient (Wildman–Crippen LogP) is 3.23. The minimum absolute atomic E-state index is 0.396. The number of rotatable bonds is 3. The Balaban J connectivity index is 2.79. The molecule has 17 heavy (non-hydrogen) atoms. The van der Waals surface area contributed by atoms with Crippen molar-refractivity contribution in [2.45, 2.75) is 33.7 Å². The number of nitrogens with zero attached hydrogens (tertiary/aromatic N) is 1. The molecule has 1 heterocycles. The summed E-state index contributed by atoms with van der Waals surface area (Å²) < 4.78 is 2.11. The van der Waals surface area contributed by atoms with Gasteiger partial charge in [-0.1, -0.05) is 6.92 Å². The van der Waals surface area contributed by atoms with Crippen molar-refractivity contribution in [1.29, 1.82) is 0 Å². The molecule has 0 bridgehead atoms. The second kappa shape index (κ2) is 4.24. The third-order valence-corrected chi connectivity index (χ3v) is 3.26. The van der Waals surface area contributed by atoms with E-state index in [0.29, 0.717) is 5.56 Å². The lowest BCUT2D eigenvalue weighted by Crippen LogP contribution is -2.00. The molecule has 0 saturated carbocycles. The Morgan fingerprint density at radius 1 is 1.35 bits per heavy atom. The van der Waals surface area contributed by atoms with E-state index in [2.05, 4.69) is 24.6 Å². The highest BCUT2D eigenvalue weighted by molar-refractivity contribution is 5.96. The number of aryl methyl sites for hydroxylation is 3. The number of fused-ring (bicyclic) bond motifs is 1. The lowest BCUT2D eigenvalue weighted by atomic mass is 10.0. The van der Waals surface area contributed by atoms with Crippen molar-refractivity contribution in [2.24, 2.45) is 0 Å². The van der Waals surface area contributed by atoms with Gasteiger partial charge in [0.1, 0.15) is 0 Å². The van der Waals surface area contributed by atoms with Crippen LogP contribution in [0.5, 0.6) is 0 Å². The summed E-state index contributed by atoms with van der Waals surface area (Å²) in [6, 6.07) is 3.78. The van der Waals surface area contributed by atoms with Crippen molar-refractivity contribution < 1.29 is 9.90 Å². The molecule has 0 unspecified atom stereocenters. The monoisotopic (exact) mass is 231 g/mol. The molecule has 0 fully saturated rings. The van der Waals surface area contributed by atoms with Gasteiger partial charge in [-0.05, 0) is 43.5 Å². The van der Waals surface area contributed by atoms with Crippen LogP contribution in [0.4, 0.5) is 0 Å². The summed E-state index contributed by atoms with van der Waals surface area (Å²) in [5, 5.41) is 10.3. The zero-order chi connectivity index (χ0) is 12.6. The molecule has 1 aromatic heterocycles. The zero-order valence-corrected chi connectivity index (χ0v) is 10.4. The molecule has 90 valence electrons. The maximum absolute atomic E-state index is 11.1. The Morgan fingerprint density at radius 2 is 2.06 bits per heavy atom. The summed E-state index contributed by atoms with van der Waals surface area (Å²) in [4.78, 5) is 11.1. The number of aromatic nitrogens is 1. The molecule has 0 radical (unpaired) electrons. The number of carbonyl (C=O) groups is 1. The summed E-state index contributed by atoms with van der Waals surface area (Å²) in [7, 11) is 0. The number of hydrogen-bond acceptors (Lipinski definition) is 1. The van der Waals surface area contributed by atoms with Crippen molar-refractivity contribution in [3.05, 3.63) is 35.0 Å². The molecule has 0 aliphatic rings. The van der Waals surface area contributed by atoms with Gasteiger partial charge in [-0.25, -0.2) is 4.79 Å². The van der Waals surface area contributed by atoms with Gasteiger partial charge in [-0.3, -0.25) is 0 Å². The first-order chi connectivity index (χ1) is 8.08. The number of carboxylic acid groups (broad SMARTS) is 1. The number of benzene rings is 1. The molecule has 3 heteroatoms. The molecule has 1 N–H and O–H groups in total. The lowest BCUT2D eigenvalue weighted by molar-refractivity contribution is 0.0696. The molecule has 0 atom stereocenters. The highest BCUT2D eigenvalue weighted by Gasteiger charge is 2.13. The van der Waals surface area contributed by atoms with Crippen molar-refractivity contribution >= 4 is 16.9 Å². The Hall–Kier alpha value is -1.77. The van der Waals surface area contributed by atoms with Crippen LogP contribution in [-0.4, -0.2) is 15.6 Å². The van der Waals surface area contributed by atoms with E-state index in [1.165, 1.54) is 10.9 Å². The van der Waals surface area contributed by atoms with Gasteiger partial charge in [-0.2, -0.15) is 0 Å². The van der Waals surface area contributed by atoms with Crippen molar-refractivity contribution in [3.63, 3.8) is 0 Å². The maximum atomic E-state index is 11.1. The van der Waals surface area contributed by atoms with Crippen LogP contribution in [0.25, 0.3) is 10.9 Å². The fourth-order valence-electron chi connectivity index (χ4n) is 2.29. The molecule has 3 nitrogen and oxygen atoms in total. The van der Waals surface area contributed by atoms with Crippen LogP contribution in [-0.2, 0) is 13.0 Å². The normalized spacial score (nSPS) is 11.0. The molecular formula is C14H17NO2. The zero-order valence-electron chi connectivity index (χ0n) is 10.4. The van der Waals surface area contributed by atoms with Crippen LogP contribution < -0.4 is 0 Å². The van der Waals surface area contributed by atoms with Gasteiger partial charge in [0.25, 0.3) is 0 Å². The van der Waals surface area contributed by atoms with E-state index in [9.17, 15) is 4.79 Å². The van der Waals surface area contributed by atoms with Crippen LogP contribution >= 0.6 is 0 Å². The summed E-state index contributed by atoms with van der Waals surface area (Å²) in [5.74, 6) is -0.855. The van der Waals surface area contributed by atoms with Crippen LogP contribution in [0.3, 0.4) is 0 Å². The van der Waals surface area contributed by atoms with Gasteiger partial charge in [0.2, 0.25) is 0 Å². The molecule has 2 aromatic rings. The van der Waals surface area contributed by atoms with Gasteiger partial charge in [0.05, 0.1) is 5.56 Å². The standard InChI is InChI=1S/C14H17NO2/c1-4-10-8-15(5-2)13-7-11(14(16)17)9(3)6-12(10)13/h6-8H,4-5H2,1-3H3,(H,16,17). The molecule has 0 aliphatic carbocycles. The minimum Gasteiger partial charge on any atom is -0.478 e. The van der Waals surface area contributed by atoms with E-state index < -0.39 is 5.97 Å². The predicted molar refractivity (Wildman–Crippen MR) is 68.7 cm³/mol. The van der Waals surface area contributed by atoms with Crippen LogP contribution in [0.15, 0.2) is 18.3 Å². The summed E-state index contributed by atoms with van der Waals surface area (Å²) in [6.45, 7) is 6.90. The average molecular weight is 231 g/mol. The highest BCUT2D eigenvalue weighted by Crippen LogP contribution is 2.25. The van der Waals surface area contributed by atoms with Crippen LogP contribution in [0.1, 0.15) is 35.3 Å². The quantitative estimate of drug-likeness (QED) is 0.881. The SMILES string of the molecule is CCc1cn(CC)c2cc(C(=O)O)c(C)cc12. The number of carboxylic acids is 1. The van der Waals surface area contributed by atoms with Gasteiger partial charge in [0.15, 0.2) is 0 Å². The molecule has 0 amide bonds. The van der Waals surface area contributed by atoms with E-state index in [0.717, 1.165) is 24.0 Å². The van der Waals surface area contributed by atoms with E-state index in [-0.39, 0.29) is 0 Å². The lowest BCUT2D eigenvalue weighted by Gasteiger charge is -2.05. The topological polar surface area (TPSA) is 42.2 Å². The van der Waals surface area contributed by atoms with E-state index in [1.807, 2.05) is 13.0 Å². The van der Waals surface area contributed by atoms with Crippen LogP contribution in [0, 0.1) is 6.92 Å². The molecule has 2 rings (SSSR count). The fraction of sp³-hybridized carbons (Fsp3) is 0.357. The first-order valence-corrected chi connectivity index (χ1v) is 5.94. The van der Waals surface area contributed by atoms with Crippen LogP contribution in [0.2, 0.25) is 0 Å². The Morgan fingerprint density at radius 3 is 2.59 bits per heavy atom.